The van der Waals surface area contributed by atoms with Crippen LogP contribution in [0, 0.1) is 11.6 Å². The molecule has 7 heteroatoms. The lowest BCUT2D eigenvalue weighted by Gasteiger charge is -2.32. The second-order valence-electron chi connectivity index (χ2n) is 7.84. The Morgan fingerprint density at radius 1 is 1.17 bits per heavy atom. The van der Waals surface area contributed by atoms with Gasteiger partial charge < -0.3 is 14.5 Å². The molecule has 0 aliphatic carbocycles. The number of benzene rings is 2. The number of nitrogens with zero attached hydrogens (tertiary/aromatic N) is 2. The molecule has 0 N–H and O–H groups in total. The Morgan fingerprint density at radius 3 is 2.72 bits per heavy atom. The van der Waals surface area contributed by atoms with Crippen molar-refractivity contribution in [3.63, 3.8) is 0 Å². The average Bonchev–Trinajstić information content (AvgIpc) is 3.33. The van der Waals surface area contributed by atoms with Gasteiger partial charge in [0.05, 0.1) is 25.4 Å². The minimum atomic E-state index is -0.811. The first-order chi connectivity index (χ1) is 14.0. The van der Waals surface area contributed by atoms with Crippen molar-refractivity contribution in [3.8, 4) is 0 Å². The molecule has 0 bridgehead atoms. The summed E-state index contributed by atoms with van der Waals surface area (Å²) in [5.74, 6) is -1.72. The molecule has 3 heterocycles. The quantitative estimate of drug-likeness (QED) is 0.799. The first-order valence-electron chi connectivity index (χ1n) is 9.74. The molecule has 5 rings (SSSR count). The van der Waals surface area contributed by atoms with Crippen molar-refractivity contribution in [1.82, 2.24) is 9.80 Å². The summed E-state index contributed by atoms with van der Waals surface area (Å²) in [7, 11) is 0. The minimum absolute atomic E-state index is 0.0288. The van der Waals surface area contributed by atoms with Crippen LogP contribution in [0.5, 0.6) is 0 Å². The summed E-state index contributed by atoms with van der Waals surface area (Å²) in [6, 6.07) is 12.5. The number of carbonyl (C=O) groups is 2. The van der Waals surface area contributed by atoms with Gasteiger partial charge >= 0.3 is 0 Å². The first-order valence-corrected chi connectivity index (χ1v) is 9.74. The van der Waals surface area contributed by atoms with Crippen molar-refractivity contribution >= 4 is 11.8 Å². The summed E-state index contributed by atoms with van der Waals surface area (Å²) in [5.41, 5.74) is 0.336. The van der Waals surface area contributed by atoms with Crippen LogP contribution in [0.1, 0.15) is 30.1 Å². The highest BCUT2D eigenvalue weighted by atomic mass is 19.1. The van der Waals surface area contributed by atoms with E-state index in [0.717, 1.165) is 17.7 Å². The van der Waals surface area contributed by atoms with Crippen molar-refractivity contribution in [2.24, 2.45) is 0 Å². The largest absolute Gasteiger partial charge is 0.343 e. The topological polar surface area (TPSA) is 49.9 Å². The molecule has 29 heavy (non-hydrogen) atoms. The number of rotatable bonds is 3. The third kappa shape index (κ3) is 2.83. The zero-order valence-electron chi connectivity index (χ0n) is 15.7. The van der Waals surface area contributed by atoms with E-state index in [0.29, 0.717) is 19.5 Å². The van der Waals surface area contributed by atoms with Crippen LogP contribution in [0.2, 0.25) is 0 Å². The van der Waals surface area contributed by atoms with E-state index in [4.69, 9.17) is 4.74 Å². The maximum Gasteiger partial charge on any atom is 0.227 e. The van der Waals surface area contributed by atoms with E-state index in [1.54, 1.807) is 9.80 Å². The normalized spacial score (nSPS) is 28.0. The fraction of sp³-hybridized carbons (Fsp3) is 0.364. The van der Waals surface area contributed by atoms with Gasteiger partial charge in [-0.3, -0.25) is 9.59 Å². The summed E-state index contributed by atoms with van der Waals surface area (Å²) in [6.07, 6.45) is 0.339. The van der Waals surface area contributed by atoms with E-state index in [1.165, 1.54) is 6.07 Å². The molecule has 3 aliphatic rings. The third-order valence-electron chi connectivity index (χ3n) is 6.28. The van der Waals surface area contributed by atoms with Crippen molar-refractivity contribution in [2.75, 3.05) is 13.1 Å². The van der Waals surface area contributed by atoms with Crippen molar-refractivity contribution in [3.05, 3.63) is 71.3 Å². The van der Waals surface area contributed by atoms with Gasteiger partial charge in [0.1, 0.15) is 17.7 Å². The third-order valence-corrected chi connectivity index (χ3v) is 6.28. The van der Waals surface area contributed by atoms with Crippen LogP contribution >= 0.6 is 0 Å². The maximum atomic E-state index is 14.0. The van der Waals surface area contributed by atoms with Crippen LogP contribution in [-0.2, 0) is 20.7 Å². The maximum absolute atomic E-state index is 14.0. The molecule has 0 radical (unpaired) electrons. The van der Waals surface area contributed by atoms with Gasteiger partial charge in [0.25, 0.3) is 0 Å². The zero-order chi connectivity index (χ0) is 20.2. The van der Waals surface area contributed by atoms with Gasteiger partial charge in [-0.15, -0.1) is 0 Å². The van der Waals surface area contributed by atoms with Crippen LogP contribution in [0.25, 0.3) is 0 Å². The molecular formula is C22H20F2N2O3. The molecule has 1 spiro atoms. The minimum Gasteiger partial charge on any atom is -0.343 e. The fourth-order valence-electron chi connectivity index (χ4n) is 4.89. The molecule has 2 aromatic rings. The smallest absolute Gasteiger partial charge is 0.227 e. The van der Waals surface area contributed by atoms with Gasteiger partial charge in [-0.25, -0.2) is 8.78 Å². The van der Waals surface area contributed by atoms with Crippen LogP contribution in [0.4, 0.5) is 8.78 Å². The Morgan fingerprint density at radius 2 is 1.97 bits per heavy atom. The van der Waals surface area contributed by atoms with Gasteiger partial charge in [-0.2, -0.15) is 0 Å². The molecule has 5 nitrogen and oxygen atoms in total. The second-order valence-corrected chi connectivity index (χ2v) is 7.84. The summed E-state index contributed by atoms with van der Waals surface area (Å²) in [4.78, 5) is 29.0. The van der Waals surface area contributed by atoms with Gasteiger partial charge in [0.2, 0.25) is 11.8 Å². The number of likely N-dealkylation sites (tertiary alicyclic amines) is 1. The molecular weight excluding hydrogens is 378 g/mol. The summed E-state index contributed by atoms with van der Waals surface area (Å²) >= 11 is 0. The van der Waals surface area contributed by atoms with Crippen molar-refractivity contribution in [2.45, 2.75) is 37.1 Å². The highest BCUT2D eigenvalue weighted by Gasteiger charge is 2.64. The number of hydrogen-bond acceptors (Lipinski definition) is 3. The van der Waals surface area contributed by atoms with Gasteiger partial charge in [-0.1, -0.05) is 36.4 Å². The fourth-order valence-corrected chi connectivity index (χ4v) is 4.89. The molecule has 3 atom stereocenters. The molecule has 0 aromatic heterocycles. The van der Waals surface area contributed by atoms with Gasteiger partial charge in [-0.05, 0) is 17.2 Å². The summed E-state index contributed by atoms with van der Waals surface area (Å²) in [5, 5.41) is 0. The van der Waals surface area contributed by atoms with E-state index in [-0.39, 0.29) is 42.4 Å². The predicted molar refractivity (Wildman–Crippen MR) is 99.5 cm³/mol. The molecule has 0 saturated carbocycles. The van der Waals surface area contributed by atoms with Gasteiger partial charge in [0.15, 0.2) is 5.72 Å². The van der Waals surface area contributed by atoms with E-state index >= 15 is 0 Å². The molecule has 3 fully saturated rings. The first kappa shape index (κ1) is 18.2. The van der Waals surface area contributed by atoms with E-state index in [2.05, 4.69) is 0 Å². The number of hydrogen-bond donors (Lipinski definition) is 0. The predicted octanol–water partition coefficient (Wildman–Crippen LogP) is 2.81. The van der Waals surface area contributed by atoms with Crippen LogP contribution < -0.4 is 0 Å². The Hall–Kier alpha value is -2.80. The standard InChI is InChI=1S/C22H20F2N2O3/c23-16-7-6-15(17(24)11-16)10-20(27)25-9-8-22-19(25)12-21(28)26(22)13-18(29-22)14-4-2-1-3-5-14/h1-7,11,18-19H,8-10,12-13H2/t18-,19-,22+/m1/s1. The summed E-state index contributed by atoms with van der Waals surface area (Å²) < 4.78 is 33.5. The van der Waals surface area contributed by atoms with Crippen LogP contribution in [0.15, 0.2) is 48.5 Å². The van der Waals surface area contributed by atoms with E-state index in [9.17, 15) is 18.4 Å². The molecule has 3 aliphatic heterocycles. The average molecular weight is 398 g/mol. The Labute approximate surface area is 166 Å². The lowest BCUT2D eigenvalue weighted by molar-refractivity contribution is -0.142. The molecule has 2 aromatic carbocycles. The van der Waals surface area contributed by atoms with Crippen LogP contribution in [0.3, 0.4) is 0 Å². The SMILES string of the molecule is O=C(Cc1ccc(F)cc1F)N1CC[C@@]23O[C@@H](c4ccccc4)CN2C(=O)C[C@@H]13. The van der Waals surface area contributed by atoms with Crippen molar-refractivity contribution < 1.29 is 23.1 Å². The van der Waals surface area contributed by atoms with Gasteiger partial charge in [0, 0.05) is 19.0 Å². The zero-order valence-corrected chi connectivity index (χ0v) is 15.7. The number of amides is 2. The number of ether oxygens (including phenoxy) is 1. The number of carbonyl (C=O) groups excluding carboxylic acids is 2. The van der Waals surface area contributed by atoms with E-state index < -0.39 is 17.4 Å². The Kier molecular flexibility index (Phi) is 4.17. The lowest BCUT2D eigenvalue weighted by atomic mass is 10.1. The Balaban J connectivity index is 1.38. The van der Waals surface area contributed by atoms with E-state index in [1.807, 2.05) is 30.3 Å². The molecule has 150 valence electrons. The monoisotopic (exact) mass is 398 g/mol. The Bertz CT molecular complexity index is 983. The number of halogens is 2. The molecule has 2 amide bonds. The molecule has 0 unspecified atom stereocenters. The highest BCUT2D eigenvalue weighted by Crippen LogP contribution is 2.50. The summed E-state index contributed by atoms with van der Waals surface area (Å²) in [6.45, 7) is 0.908. The molecule has 3 saturated heterocycles. The van der Waals surface area contributed by atoms with Crippen molar-refractivity contribution in [1.29, 1.82) is 0 Å². The second kappa shape index (κ2) is 6.62. The van der Waals surface area contributed by atoms with Crippen LogP contribution in [-0.4, -0.2) is 46.5 Å². The highest BCUT2D eigenvalue weighted by molar-refractivity contribution is 5.85. The lowest BCUT2D eigenvalue weighted by Crippen LogP contribution is -2.49.